The number of anilines is 1. The van der Waals surface area contributed by atoms with Crippen molar-refractivity contribution in [2.75, 3.05) is 11.9 Å². The third kappa shape index (κ3) is 5.83. The summed E-state index contributed by atoms with van der Waals surface area (Å²) in [6.45, 7) is 0.634. The molecule has 0 aliphatic carbocycles. The predicted molar refractivity (Wildman–Crippen MR) is 108 cm³/mol. The van der Waals surface area contributed by atoms with Crippen LogP contribution in [0.15, 0.2) is 42.5 Å². The van der Waals surface area contributed by atoms with Crippen LogP contribution in [0.5, 0.6) is 0 Å². The Hall–Kier alpha value is -2.34. The van der Waals surface area contributed by atoms with Gasteiger partial charge in [0.1, 0.15) is 0 Å². The van der Waals surface area contributed by atoms with Gasteiger partial charge in [-0.15, -0.1) is 0 Å². The summed E-state index contributed by atoms with van der Waals surface area (Å²) in [5.74, 6) is 0.228. The molecule has 2 aliphatic rings. The molecule has 0 spiro atoms. The minimum atomic E-state index is -0.737. The van der Waals surface area contributed by atoms with Gasteiger partial charge in [-0.25, -0.2) is 4.79 Å². The van der Waals surface area contributed by atoms with Crippen LogP contribution in [0.3, 0.4) is 0 Å². The molecule has 4 atom stereocenters. The number of carbonyl (C=O) groups is 2. The minimum absolute atomic E-state index is 0.176. The zero-order chi connectivity index (χ0) is 19.8. The van der Waals surface area contributed by atoms with E-state index < -0.39 is 5.97 Å². The molecule has 2 aliphatic heterocycles. The van der Waals surface area contributed by atoms with Crippen LogP contribution in [0.1, 0.15) is 44.9 Å². The molecule has 2 saturated heterocycles. The van der Waals surface area contributed by atoms with Crippen molar-refractivity contribution in [1.29, 1.82) is 0 Å². The first-order valence-electron chi connectivity index (χ1n) is 10.3. The fourth-order valence-corrected chi connectivity index (χ4v) is 4.39. The predicted octanol–water partition coefficient (Wildman–Crippen LogP) is 4.19. The van der Waals surface area contributed by atoms with Gasteiger partial charge in [-0.05, 0) is 62.5 Å². The fraction of sp³-hybridized carbons (Fsp3) is 0.545. The van der Waals surface area contributed by atoms with Gasteiger partial charge in [-0.1, -0.05) is 30.4 Å². The number of aliphatic carboxylic acids is 1. The van der Waals surface area contributed by atoms with Crippen LogP contribution in [0.4, 0.5) is 10.5 Å². The van der Waals surface area contributed by atoms with Crippen molar-refractivity contribution in [3.63, 3.8) is 0 Å². The number of nitrogens with one attached hydrogen (secondary N) is 2. The molecule has 2 bridgehead atoms. The Kier molecular flexibility index (Phi) is 7.48. The van der Waals surface area contributed by atoms with Crippen molar-refractivity contribution in [1.82, 2.24) is 5.32 Å². The molecule has 2 fully saturated rings. The van der Waals surface area contributed by atoms with E-state index in [0.29, 0.717) is 37.0 Å². The van der Waals surface area contributed by atoms with E-state index in [2.05, 4.69) is 22.8 Å². The maximum Gasteiger partial charge on any atom is 0.319 e. The molecule has 0 saturated carbocycles. The van der Waals surface area contributed by atoms with E-state index >= 15 is 0 Å². The highest BCUT2D eigenvalue weighted by atomic mass is 16.5. The highest BCUT2D eigenvalue weighted by molar-refractivity contribution is 5.89. The number of carbonyl (C=O) groups excluding carboxylic acids is 1. The van der Waals surface area contributed by atoms with Gasteiger partial charge >= 0.3 is 12.0 Å². The largest absolute Gasteiger partial charge is 0.481 e. The monoisotopic (exact) mass is 386 g/mol. The summed E-state index contributed by atoms with van der Waals surface area (Å²) in [6.07, 6.45) is 10.8. The second kappa shape index (κ2) is 10.3. The standard InChI is InChI=1S/C22H30N2O4/c25-21(26)11-7-2-1-6-10-17-18(20-13-12-19(17)28-20)14-15-23-22(27)24-16-8-4-3-5-9-16/h1,3-6,8-9,17-20H,2,7,10-15H2,(H,25,26)(H2,23,24,27)/b6-1-/t17-,18-,19?,20?/m1/s1. The van der Waals surface area contributed by atoms with Gasteiger partial charge in [0.2, 0.25) is 0 Å². The van der Waals surface area contributed by atoms with Crippen LogP contribution in [-0.4, -0.2) is 35.9 Å². The lowest BCUT2D eigenvalue weighted by Crippen LogP contribution is -2.34. The maximum absolute atomic E-state index is 12.0. The molecular weight excluding hydrogens is 356 g/mol. The molecule has 28 heavy (non-hydrogen) atoms. The average molecular weight is 386 g/mol. The second-order valence-electron chi connectivity index (χ2n) is 7.65. The summed E-state index contributed by atoms with van der Waals surface area (Å²) in [4.78, 5) is 22.6. The van der Waals surface area contributed by atoms with Gasteiger partial charge in [0, 0.05) is 18.7 Å². The molecule has 152 valence electrons. The Morgan fingerprint density at radius 3 is 2.61 bits per heavy atom. The van der Waals surface area contributed by atoms with Gasteiger partial charge < -0.3 is 20.5 Å². The Bertz CT molecular complexity index is 676. The number of urea groups is 1. The van der Waals surface area contributed by atoms with E-state index in [1.807, 2.05) is 30.3 Å². The Morgan fingerprint density at radius 2 is 1.86 bits per heavy atom. The number of allylic oxidation sites excluding steroid dienone is 2. The topological polar surface area (TPSA) is 87.7 Å². The van der Waals surface area contributed by atoms with E-state index in [1.165, 1.54) is 0 Å². The Labute approximate surface area is 166 Å². The summed E-state index contributed by atoms with van der Waals surface area (Å²) in [7, 11) is 0. The normalized spacial score (nSPS) is 25.9. The summed E-state index contributed by atoms with van der Waals surface area (Å²) >= 11 is 0. The van der Waals surface area contributed by atoms with Gasteiger partial charge in [0.05, 0.1) is 12.2 Å². The van der Waals surface area contributed by atoms with Crippen LogP contribution >= 0.6 is 0 Å². The molecular formula is C22H30N2O4. The van der Waals surface area contributed by atoms with Crippen molar-refractivity contribution < 1.29 is 19.4 Å². The molecule has 0 radical (unpaired) electrons. The molecule has 6 nitrogen and oxygen atoms in total. The molecule has 0 aromatic heterocycles. The molecule has 2 unspecified atom stereocenters. The molecule has 2 amide bonds. The van der Waals surface area contributed by atoms with E-state index in [4.69, 9.17) is 9.84 Å². The number of benzene rings is 1. The smallest absolute Gasteiger partial charge is 0.319 e. The number of unbranched alkanes of at least 4 members (excludes halogenated alkanes) is 1. The SMILES string of the molecule is O=C(O)CCC/C=C\C[C@H]1C2CCC(O2)[C@@H]1CCNC(=O)Nc1ccccc1. The average Bonchev–Trinajstić information content (AvgIpc) is 3.27. The van der Waals surface area contributed by atoms with Crippen LogP contribution in [0.2, 0.25) is 0 Å². The summed E-state index contributed by atoms with van der Waals surface area (Å²) in [6, 6.07) is 9.25. The molecule has 6 heteroatoms. The lowest BCUT2D eigenvalue weighted by Gasteiger charge is -2.27. The lowest BCUT2D eigenvalue weighted by molar-refractivity contribution is -0.137. The van der Waals surface area contributed by atoms with E-state index in [-0.39, 0.29) is 12.5 Å². The van der Waals surface area contributed by atoms with E-state index in [1.54, 1.807) is 0 Å². The van der Waals surface area contributed by atoms with Gasteiger partial charge in [-0.3, -0.25) is 4.79 Å². The van der Waals surface area contributed by atoms with Crippen molar-refractivity contribution in [3.8, 4) is 0 Å². The van der Waals surface area contributed by atoms with Crippen LogP contribution in [-0.2, 0) is 9.53 Å². The quantitative estimate of drug-likeness (QED) is 0.415. The number of para-hydroxylation sites is 1. The third-order valence-electron chi connectivity index (χ3n) is 5.72. The van der Waals surface area contributed by atoms with E-state index in [0.717, 1.165) is 37.8 Å². The number of hydrogen-bond donors (Lipinski definition) is 3. The first kappa shape index (κ1) is 20.4. The number of rotatable bonds is 10. The Balaban J connectivity index is 1.40. The Morgan fingerprint density at radius 1 is 1.11 bits per heavy atom. The molecule has 1 aromatic rings. The van der Waals surface area contributed by atoms with Gasteiger partial charge in [0.15, 0.2) is 0 Å². The third-order valence-corrected chi connectivity index (χ3v) is 5.72. The van der Waals surface area contributed by atoms with Gasteiger partial charge in [0.25, 0.3) is 0 Å². The number of carboxylic acids is 1. The van der Waals surface area contributed by atoms with Crippen molar-refractivity contribution in [3.05, 3.63) is 42.5 Å². The molecule has 3 rings (SSSR count). The molecule has 3 N–H and O–H groups in total. The molecule has 2 heterocycles. The number of carboxylic acid groups (broad SMARTS) is 1. The summed E-state index contributed by atoms with van der Waals surface area (Å²) in [5, 5.41) is 14.5. The second-order valence-corrected chi connectivity index (χ2v) is 7.65. The van der Waals surface area contributed by atoms with Crippen molar-refractivity contribution in [2.24, 2.45) is 11.8 Å². The van der Waals surface area contributed by atoms with Crippen LogP contribution < -0.4 is 10.6 Å². The summed E-state index contributed by atoms with van der Waals surface area (Å²) < 4.78 is 6.12. The number of hydrogen-bond acceptors (Lipinski definition) is 3. The van der Waals surface area contributed by atoms with Gasteiger partial charge in [-0.2, -0.15) is 0 Å². The summed E-state index contributed by atoms with van der Waals surface area (Å²) in [5.41, 5.74) is 0.786. The van der Waals surface area contributed by atoms with Crippen LogP contribution in [0.25, 0.3) is 0 Å². The zero-order valence-corrected chi connectivity index (χ0v) is 16.2. The number of fused-ring (bicyclic) bond motifs is 2. The zero-order valence-electron chi connectivity index (χ0n) is 16.2. The van der Waals surface area contributed by atoms with Crippen molar-refractivity contribution in [2.45, 2.75) is 57.2 Å². The fourth-order valence-electron chi connectivity index (χ4n) is 4.39. The van der Waals surface area contributed by atoms with Crippen molar-refractivity contribution >= 4 is 17.7 Å². The highest BCUT2D eigenvalue weighted by Gasteiger charge is 2.47. The van der Waals surface area contributed by atoms with E-state index in [9.17, 15) is 9.59 Å². The number of amides is 2. The number of ether oxygens (including phenoxy) is 1. The first-order chi connectivity index (χ1) is 13.6. The first-order valence-corrected chi connectivity index (χ1v) is 10.3. The minimum Gasteiger partial charge on any atom is -0.481 e. The molecule has 1 aromatic carbocycles. The lowest BCUT2D eigenvalue weighted by atomic mass is 9.76. The van der Waals surface area contributed by atoms with Crippen LogP contribution in [0, 0.1) is 11.8 Å². The maximum atomic E-state index is 12.0. The highest BCUT2D eigenvalue weighted by Crippen LogP contribution is 2.46.